The summed E-state index contributed by atoms with van der Waals surface area (Å²) < 4.78 is 6.67. The van der Waals surface area contributed by atoms with Crippen molar-refractivity contribution in [1.82, 2.24) is 10.2 Å². The molecule has 1 heterocycles. The molecule has 0 spiro atoms. The first-order valence-corrected chi connectivity index (χ1v) is 9.22. The van der Waals surface area contributed by atoms with Gasteiger partial charge in [-0.2, -0.15) is 0 Å². The van der Waals surface area contributed by atoms with Crippen molar-refractivity contribution in [2.45, 2.75) is 57.5 Å². The van der Waals surface area contributed by atoms with Crippen LogP contribution in [0.25, 0.3) is 5.69 Å². The molecule has 1 aromatic heterocycles. The number of aromatic nitrogens is 2. The summed E-state index contributed by atoms with van der Waals surface area (Å²) in [4.78, 5) is 27.2. The topological polar surface area (TPSA) is 70.2 Å². The molecule has 1 N–H and O–H groups in total. The zero-order chi connectivity index (χ0) is 17.2. The van der Waals surface area contributed by atoms with Crippen molar-refractivity contribution < 1.29 is 14.0 Å². The van der Waals surface area contributed by atoms with Crippen LogP contribution >= 0.6 is 0 Å². The number of hydrogen-bond acceptors (Lipinski definition) is 3. The van der Waals surface area contributed by atoms with Crippen LogP contribution in [0.2, 0.25) is 0 Å². The van der Waals surface area contributed by atoms with Crippen LogP contribution in [0.1, 0.15) is 50.6 Å². The highest BCUT2D eigenvalue weighted by molar-refractivity contribution is 5.79. The van der Waals surface area contributed by atoms with Gasteiger partial charge in [-0.3, -0.25) is 9.32 Å². The summed E-state index contributed by atoms with van der Waals surface area (Å²) in [6.45, 7) is 0.306. The molecule has 0 aliphatic heterocycles. The van der Waals surface area contributed by atoms with Gasteiger partial charge >= 0.3 is 11.3 Å². The first-order chi connectivity index (χ1) is 12.2. The fraction of sp³-hybridized carbons (Fsp3) is 0.526. The molecule has 2 aromatic rings. The van der Waals surface area contributed by atoms with Gasteiger partial charge in [0.05, 0.1) is 0 Å². The Morgan fingerprint density at radius 1 is 1.12 bits per heavy atom. The second-order valence-corrected chi connectivity index (χ2v) is 7.13. The summed E-state index contributed by atoms with van der Waals surface area (Å²) in [5.41, 5.74) is 0.886. The molecule has 0 bridgehead atoms. The molecule has 6 nitrogen and oxygen atoms in total. The van der Waals surface area contributed by atoms with Gasteiger partial charge in [0.1, 0.15) is 6.54 Å². The van der Waals surface area contributed by atoms with E-state index in [1.165, 1.54) is 6.42 Å². The highest BCUT2D eigenvalue weighted by Gasteiger charge is 2.39. The van der Waals surface area contributed by atoms with Crippen LogP contribution in [0.15, 0.2) is 39.6 Å². The van der Waals surface area contributed by atoms with Gasteiger partial charge in [0.25, 0.3) is 0 Å². The Morgan fingerprint density at radius 2 is 1.84 bits per heavy atom. The minimum Gasteiger partial charge on any atom is -0.329 e. The van der Waals surface area contributed by atoms with Gasteiger partial charge < -0.3 is 4.90 Å². The van der Waals surface area contributed by atoms with E-state index in [0.29, 0.717) is 12.2 Å². The maximum Gasteiger partial charge on any atom is 0.432 e. The molecule has 4 rings (SSSR count). The highest BCUT2D eigenvalue weighted by Crippen LogP contribution is 2.32. The zero-order valence-corrected chi connectivity index (χ0v) is 14.3. The molecule has 0 atom stereocenters. The maximum absolute atomic E-state index is 13.0. The molecule has 0 radical (unpaired) electrons. The number of amides is 1. The predicted octanol–water partition coefficient (Wildman–Crippen LogP) is 2.32. The monoisotopic (exact) mass is 342 g/mol. The fourth-order valence-corrected chi connectivity index (χ4v) is 3.73. The van der Waals surface area contributed by atoms with E-state index >= 15 is 0 Å². The van der Waals surface area contributed by atoms with E-state index in [0.717, 1.165) is 44.2 Å². The number of para-hydroxylation sites is 1. The lowest BCUT2D eigenvalue weighted by Crippen LogP contribution is -2.45. The van der Waals surface area contributed by atoms with Gasteiger partial charge in [0.2, 0.25) is 11.6 Å². The van der Waals surface area contributed by atoms with Crippen molar-refractivity contribution in [3.05, 3.63) is 46.4 Å². The maximum atomic E-state index is 13.0. The van der Waals surface area contributed by atoms with Gasteiger partial charge in [0.15, 0.2) is 0 Å². The van der Waals surface area contributed by atoms with Crippen LogP contribution in [0.5, 0.6) is 0 Å². The standard InChI is InChI=1S/C19H23N3O3/c23-18(14-7-3-1-4-8-14)21(15-11-12-15)13-17-19(24)25-20-22(17)16-9-5-2-6-10-16/h2,5-6,9-10,14-15H,1,3-4,7-8,11-13H2/p+1. The van der Waals surface area contributed by atoms with Crippen molar-refractivity contribution >= 4 is 5.91 Å². The number of H-pyrrole nitrogens is 1. The number of rotatable bonds is 5. The second kappa shape index (κ2) is 6.86. The normalized spacial score (nSPS) is 18.2. The zero-order valence-electron chi connectivity index (χ0n) is 14.3. The smallest absolute Gasteiger partial charge is 0.329 e. The van der Waals surface area contributed by atoms with Gasteiger partial charge in [-0.15, -0.1) is 0 Å². The molecule has 2 saturated carbocycles. The average molecular weight is 342 g/mol. The minimum atomic E-state index is -0.411. The van der Waals surface area contributed by atoms with Crippen molar-refractivity contribution in [2.75, 3.05) is 0 Å². The summed E-state index contributed by atoms with van der Waals surface area (Å²) in [6, 6.07) is 9.81. The van der Waals surface area contributed by atoms with E-state index in [9.17, 15) is 9.59 Å². The Labute approximate surface area is 146 Å². The summed E-state index contributed by atoms with van der Waals surface area (Å²) in [7, 11) is 0. The molecule has 2 aliphatic rings. The number of benzene rings is 1. The minimum absolute atomic E-state index is 0.116. The number of carbonyl (C=O) groups is 1. The van der Waals surface area contributed by atoms with E-state index in [2.05, 4.69) is 5.27 Å². The molecular formula is C19H24N3O3+. The number of nitrogens with one attached hydrogen (secondary N) is 1. The summed E-state index contributed by atoms with van der Waals surface area (Å²) in [5, 5.41) is 2.66. The third-order valence-corrected chi connectivity index (χ3v) is 5.29. The molecule has 2 fully saturated rings. The summed E-state index contributed by atoms with van der Waals surface area (Å²) in [5.74, 6) is 0.327. The third kappa shape index (κ3) is 3.38. The largest absolute Gasteiger partial charge is 0.432 e. The lowest BCUT2D eigenvalue weighted by Gasteiger charge is -2.28. The SMILES string of the molecule is O=C(C1CCCCC1)N(Cc1c(=O)o[nH][n+]1-c1ccccc1)C1CC1. The third-order valence-electron chi connectivity index (χ3n) is 5.29. The van der Waals surface area contributed by atoms with Crippen LogP contribution in [-0.4, -0.2) is 22.1 Å². The van der Waals surface area contributed by atoms with Crippen LogP contribution in [0, 0.1) is 5.92 Å². The molecule has 1 amide bonds. The lowest BCUT2D eigenvalue weighted by atomic mass is 9.88. The van der Waals surface area contributed by atoms with Gasteiger partial charge in [-0.1, -0.05) is 37.5 Å². The molecule has 1 aromatic carbocycles. The number of hydrogen-bond donors (Lipinski definition) is 1. The van der Waals surface area contributed by atoms with Gasteiger partial charge in [0, 0.05) is 24.1 Å². The Morgan fingerprint density at radius 3 is 2.52 bits per heavy atom. The van der Waals surface area contributed by atoms with E-state index in [1.54, 1.807) is 4.68 Å². The Balaban J connectivity index is 1.60. The molecule has 0 unspecified atom stereocenters. The van der Waals surface area contributed by atoms with Crippen molar-refractivity contribution in [3.8, 4) is 5.69 Å². The number of carbonyl (C=O) groups excluding carboxylic acids is 1. The van der Waals surface area contributed by atoms with Crippen molar-refractivity contribution in [1.29, 1.82) is 0 Å². The van der Waals surface area contributed by atoms with E-state index < -0.39 is 5.63 Å². The Kier molecular flexibility index (Phi) is 4.42. The number of nitrogens with zero attached hydrogens (tertiary/aromatic N) is 2. The Hall–Kier alpha value is -2.37. The van der Waals surface area contributed by atoms with Gasteiger partial charge in [-0.05, 0) is 35.6 Å². The van der Waals surface area contributed by atoms with E-state index in [1.807, 2.05) is 35.2 Å². The first-order valence-electron chi connectivity index (χ1n) is 9.22. The fourth-order valence-electron chi connectivity index (χ4n) is 3.73. The molecule has 2 aliphatic carbocycles. The van der Waals surface area contributed by atoms with Crippen molar-refractivity contribution in [2.24, 2.45) is 5.92 Å². The van der Waals surface area contributed by atoms with Crippen LogP contribution < -0.4 is 10.3 Å². The number of aromatic amines is 1. The average Bonchev–Trinajstić information content (AvgIpc) is 3.44. The van der Waals surface area contributed by atoms with Crippen LogP contribution in [0.3, 0.4) is 0 Å². The second-order valence-electron chi connectivity index (χ2n) is 7.13. The van der Waals surface area contributed by atoms with Gasteiger partial charge in [-0.25, -0.2) is 4.79 Å². The Bertz CT molecular complexity index is 786. The summed E-state index contributed by atoms with van der Waals surface area (Å²) in [6.07, 6.45) is 7.49. The quantitative estimate of drug-likeness (QED) is 0.848. The molecule has 25 heavy (non-hydrogen) atoms. The van der Waals surface area contributed by atoms with E-state index in [4.69, 9.17) is 4.52 Å². The molecule has 132 valence electrons. The van der Waals surface area contributed by atoms with Crippen molar-refractivity contribution in [3.63, 3.8) is 0 Å². The highest BCUT2D eigenvalue weighted by atomic mass is 16.5. The van der Waals surface area contributed by atoms with Crippen LogP contribution in [-0.2, 0) is 11.3 Å². The van der Waals surface area contributed by atoms with E-state index in [-0.39, 0.29) is 17.9 Å². The molecule has 0 saturated heterocycles. The lowest BCUT2D eigenvalue weighted by molar-refractivity contribution is -0.678. The first kappa shape index (κ1) is 16.1. The summed E-state index contributed by atoms with van der Waals surface area (Å²) >= 11 is 0. The molecule has 6 heteroatoms. The van der Waals surface area contributed by atoms with Crippen LogP contribution in [0.4, 0.5) is 0 Å². The predicted molar refractivity (Wildman–Crippen MR) is 91.0 cm³/mol. The molecular weight excluding hydrogens is 318 g/mol.